The standard InChI is InChI=1S/C12H17N3O2/c1-3-5-11-13-12(17-14-11)9-15(2)8-10-6-4-7-16-10/h4,6-7H,3,5,8-9H2,1-2H3. The average Bonchev–Trinajstić information content (AvgIpc) is 2.91. The Morgan fingerprint density at radius 2 is 2.24 bits per heavy atom. The van der Waals surface area contributed by atoms with Gasteiger partial charge < -0.3 is 8.94 Å². The topological polar surface area (TPSA) is 55.3 Å². The highest BCUT2D eigenvalue weighted by atomic mass is 16.5. The summed E-state index contributed by atoms with van der Waals surface area (Å²) in [6, 6.07) is 3.84. The van der Waals surface area contributed by atoms with E-state index in [9.17, 15) is 0 Å². The summed E-state index contributed by atoms with van der Waals surface area (Å²) in [6.07, 6.45) is 3.57. The lowest BCUT2D eigenvalue weighted by Gasteiger charge is -2.11. The SMILES string of the molecule is CCCc1noc(CN(C)Cc2ccco2)n1. The van der Waals surface area contributed by atoms with Crippen molar-refractivity contribution < 1.29 is 8.94 Å². The molecule has 0 spiro atoms. The molecule has 0 fully saturated rings. The molecular formula is C12H17N3O2. The lowest BCUT2D eigenvalue weighted by atomic mass is 10.3. The molecule has 0 aliphatic heterocycles. The molecule has 92 valence electrons. The fourth-order valence-electron chi connectivity index (χ4n) is 1.63. The third-order valence-electron chi connectivity index (χ3n) is 2.39. The van der Waals surface area contributed by atoms with Crippen molar-refractivity contribution in [3.05, 3.63) is 35.9 Å². The highest BCUT2D eigenvalue weighted by molar-refractivity contribution is 4.98. The van der Waals surface area contributed by atoms with E-state index in [-0.39, 0.29) is 0 Å². The quantitative estimate of drug-likeness (QED) is 0.768. The second kappa shape index (κ2) is 5.63. The first-order chi connectivity index (χ1) is 8.28. The van der Waals surface area contributed by atoms with Gasteiger partial charge in [-0.2, -0.15) is 4.98 Å². The highest BCUT2D eigenvalue weighted by Crippen LogP contribution is 2.08. The van der Waals surface area contributed by atoms with Crippen molar-refractivity contribution in [1.82, 2.24) is 15.0 Å². The van der Waals surface area contributed by atoms with Gasteiger partial charge in [-0.1, -0.05) is 12.1 Å². The van der Waals surface area contributed by atoms with Crippen LogP contribution in [-0.4, -0.2) is 22.1 Å². The van der Waals surface area contributed by atoms with Gasteiger partial charge in [0.1, 0.15) is 5.76 Å². The normalized spacial score (nSPS) is 11.2. The number of aromatic nitrogens is 2. The predicted molar refractivity (Wildman–Crippen MR) is 62.2 cm³/mol. The molecule has 5 heteroatoms. The first kappa shape index (κ1) is 11.9. The maximum absolute atomic E-state index is 5.28. The summed E-state index contributed by atoms with van der Waals surface area (Å²) in [6.45, 7) is 3.47. The maximum Gasteiger partial charge on any atom is 0.240 e. The zero-order chi connectivity index (χ0) is 12.1. The van der Waals surface area contributed by atoms with Crippen LogP contribution < -0.4 is 0 Å². The van der Waals surface area contributed by atoms with Crippen molar-refractivity contribution in [2.24, 2.45) is 0 Å². The van der Waals surface area contributed by atoms with Crippen LogP contribution in [0.4, 0.5) is 0 Å². The fourth-order valence-corrected chi connectivity index (χ4v) is 1.63. The van der Waals surface area contributed by atoms with Crippen molar-refractivity contribution in [2.45, 2.75) is 32.9 Å². The summed E-state index contributed by atoms with van der Waals surface area (Å²) in [5.41, 5.74) is 0. The Morgan fingerprint density at radius 1 is 1.35 bits per heavy atom. The molecule has 2 rings (SSSR count). The van der Waals surface area contributed by atoms with Crippen molar-refractivity contribution in [3.8, 4) is 0 Å². The van der Waals surface area contributed by atoms with Crippen molar-refractivity contribution >= 4 is 0 Å². The third kappa shape index (κ3) is 3.42. The highest BCUT2D eigenvalue weighted by Gasteiger charge is 2.09. The minimum Gasteiger partial charge on any atom is -0.468 e. The number of furan rings is 1. The van der Waals surface area contributed by atoms with Crippen LogP contribution in [0.1, 0.15) is 30.8 Å². The zero-order valence-corrected chi connectivity index (χ0v) is 10.2. The minimum atomic E-state index is 0.636. The number of hydrogen-bond donors (Lipinski definition) is 0. The van der Waals surface area contributed by atoms with Gasteiger partial charge in [0.25, 0.3) is 0 Å². The van der Waals surface area contributed by atoms with Crippen LogP contribution in [-0.2, 0) is 19.5 Å². The van der Waals surface area contributed by atoms with Gasteiger partial charge in [-0.25, -0.2) is 0 Å². The summed E-state index contributed by atoms with van der Waals surface area (Å²) in [5.74, 6) is 2.37. The Hall–Kier alpha value is -1.62. The van der Waals surface area contributed by atoms with Crippen LogP contribution >= 0.6 is 0 Å². The number of aryl methyl sites for hydroxylation is 1. The molecule has 0 radical (unpaired) electrons. The van der Waals surface area contributed by atoms with Gasteiger partial charge >= 0.3 is 0 Å². The van der Waals surface area contributed by atoms with Gasteiger partial charge in [-0.3, -0.25) is 4.90 Å². The lowest BCUT2D eigenvalue weighted by Crippen LogP contribution is -2.17. The van der Waals surface area contributed by atoms with Crippen LogP contribution in [0.3, 0.4) is 0 Å². The molecule has 0 saturated carbocycles. The summed E-state index contributed by atoms with van der Waals surface area (Å²) in [7, 11) is 1.99. The molecule has 0 bridgehead atoms. The molecule has 2 aromatic heterocycles. The lowest BCUT2D eigenvalue weighted by molar-refractivity contribution is 0.244. The van der Waals surface area contributed by atoms with Crippen LogP contribution in [0.2, 0.25) is 0 Å². The summed E-state index contributed by atoms with van der Waals surface area (Å²) in [4.78, 5) is 6.39. The van der Waals surface area contributed by atoms with E-state index in [1.165, 1.54) is 0 Å². The Labute approximate surface area is 100 Å². The van der Waals surface area contributed by atoms with Gasteiger partial charge in [0.2, 0.25) is 5.89 Å². The van der Waals surface area contributed by atoms with E-state index in [0.29, 0.717) is 12.4 Å². The summed E-state index contributed by atoms with van der Waals surface area (Å²) >= 11 is 0. The molecule has 0 aliphatic carbocycles. The number of nitrogens with zero attached hydrogens (tertiary/aromatic N) is 3. The van der Waals surface area contributed by atoms with E-state index in [4.69, 9.17) is 8.94 Å². The first-order valence-electron chi connectivity index (χ1n) is 5.80. The van der Waals surface area contributed by atoms with E-state index >= 15 is 0 Å². The van der Waals surface area contributed by atoms with E-state index in [2.05, 4.69) is 22.0 Å². The molecule has 0 aromatic carbocycles. The maximum atomic E-state index is 5.28. The van der Waals surface area contributed by atoms with E-state index < -0.39 is 0 Å². The van der Waals surface area contributed by atoms with E-state index in [0.717, 1.165) is 31.0 Å². The summed E-state index contributed by atoms with van der Waals surface area (Å²) in [5, 5.41) is 3.92. The molecule has 0 amide bonds. The molecular weight excluding hydrogens is 218 g/mol. The third-order valence-corrected chi connectivity index (χ3v) is 2.39. The number of rotatable bonds is 6. The van der Waals surface area contributed by atoms with Crippen LogP contribution in [0.15, 0.2) is 27.3 Å². The van der Waals surface area contributed by atoms with Gasteiger partial charge in [0.15, 0.2) is 5.82 Å². The molecule has 5 nitrogen and oxygen atoms in total. The Kier molecular flexibility index (Phi) is 3.93. The van der Waals surface area contributed by atoms with Crippen molar-refractivity contribution in [2.75, 3.05) is 7.05 Å². The molecule has 0 aliphatic rings. The smallest absolute Gasteiger partial charge is 0.240 e. The minimum absolute atomic E-state index is 0.636. The Morgan fingerprint density at radius 3 is 2.94 bits per heavy atom. The van der Waals surface area contributed by atoms with Gasteiger partial charge in [-0.05, 0) is 25.6 Å². The molecule has 0 N–H and O–H groups in total. The Balaban J connectivity index is 1.86. The predicted octanol–water partition coefficient (Wildman–Crippen LogP) is 2.25. The van der Waals surface area contributed by atoms with E-state index in [1.807, 2.05) is 19.2 Å². The monoisotopic (exact) mass is 235 g/mol. The van der Waals surface area contributed by atoms with Gasteiger partial charge in [-0.15, -0.1) is 0 Å². The average molecular weight is 235 g/mol. The van der Waals surface area contributed by atoms with Crippen LogP contribution in [0.5, 0.6) is 0 Å². The molecule has 0 atom stereocenters. The van der Waals surface area contributed by atoms with Gasteiger partial charge in [0.05, 0.1) is 19.4 Å². The van der Waals surface area contributed by atoms with Crippen molar-refractivity contribution in [1.29, 1.82) is 0 Å². The summed E-state index contributed by atoms with van der Waals surface area (Å²) < 4.78 is 10.5. The number of hydrogen-bond acceptors (Lipinski definition) is 5. The van der Waals surface area contributed by atoms with E-state index in [1.54, 1.807) is 6.26 Å². The second-order valence-electron chi connectivity index (χ2n) is 4.11. The second-order valence-corrected chi connectivity index (χ2v) is 4.11. The fraction of sp³-hybridized carbons (Fsp3) is 0.500. The molecule has 2 heterocycles. The Bertz CT molecular complexity index is 436. The first-order valence-corrected chi connectivity index (χ1v) is 5.80. The molecule has 0 unspecified atom stereocenters. The van der Waals surface area contributed by atoms with Crippen LogP contribution in [0, 0.1) is 0 Å². The zero-order valence-electron chi connectivity index (χ0n) is 10.2. The molecule has 17 heavy (non-hydrogen) atoms. The van der Waals surface area contributed by atoms with Gasteiger partial charge in [0, 0.05) is 6.42 Å². The molecule has 2 aromatic rings. The van der Waals surface area contributed by atoms with Crippen LogP contribution in [0.25, 0.3) is 0 Å². The largest absolute Gasteiger partial charge is 0.468 e. The van der Waals surface area contributed by atoms with Crippen molar-refractivity contribution in [3.63, 3.8) is 0 Å². The molecule has 0 saturated heterocycles.